The second kappa shape index (κ2) is 18.6. The molecule has 0 aromatic carbocycles. The van der Waals surface area contributed by atoms with Crippen LogP contribution in [-0.2, 0) is 29.6 Å². The molecule has 0 spiro atoms. The number of carbonyl (C=O) groups is 2. The van der Waals surface area contributed by atoms with E-state index >= 15 is 0 Å². The molecule has 0 aromatic rings. The number of sulfonamides is 2. The molecule has 0 heterocycles. The van der Waals surface area contributed by atoms with E-state index in [1.54, 1.807) is 6.92 Å². The minimum Gasteiger partial charge on any atom is -0.481 e. The highest BCUT2D eigenvalue weighted by Gasteiger charge is 2.70. The summed E-state index contributed by atoms with van der Waals surface area (Å²) < 4.78 is 60.7. The number of rotatable bonds is 12. The number of aliphatic hydroxyl groups is 3. The van der Waals surface area contributed by atoms with Crippen molar-refractivity contribution in [3.05, 3.63) is 11.5 Å². The minimum atomic E-state index is -4.19. The van der Waals surface area contributed by atoms with Gasteiger partial charge in [-0.05, 0) is 130 Å². The molecule has 0 aliphatic heterocycles. The van der Waals surface area contributed by atoms with Crippen LogP contribution < -0.4 is 0 Å². The zero-order valence-corrected chi connectivity index (χ0v) is 42.2. The zero-order valence-electron chi connectivity index (χ0n) is 40.5. The maximum Gasteiger partial charge on any atom is 0.308 e. The molecule has 8 rings (SSSR count). The van der Waals surface area contributed by atoms with Crippen LogP contribution >= 0.6 is 0 Å². The van der Waals surface area contributed by atoms with Crippen LogP contribution in [0.5, 0.6) is 0 Å². The Balaban J connectivity index is 0.000000196. The molecule has 372 valence electrons. The molecule has 8 saturated carbocycles. The van der Waals surface area contributed by atoms with Crippen molar-refractivity contribution in [1.82, 2.24) is 8.61 Å². The number of aliphatic carboxylic acids is 2. The third-order valence-electron chi connectivity index (χ3n) is 20.5. The molecule has 0 amide bonds. The Labute approximate surface area is 390 Å². The van der Waals surface area contributed by atoms with Crippen molar-refractivity contribution in [3.8, 4) is 0 Å². The quantitative estimate of drug-likeness (QED) is 0.128. The Kier molecular flexibility index (Phi) is 14.7. The van der Waals surface area contributed by atoms with E-state index in [1.807, 2.05) is 18.2 Å². The van der Waals surface area contributed by atoms with Gasteiger partial charge in [-0.1, -0.05) is 93.6 Å². The van der Waals surface area contributed by atoms with Crippen LogP contribution in [0.25, 0.3) is 0 Å². The van der Waals surface area contributed by atoms with Crippen molar-refractivity contribution < 1.29 is 52.0 Å². The molecule has 0 radical (unpaired) electrons. The van der Waals surface area contributed by atoms with Crippen LogP contribution in [-0.4, -0.2) is 111 Å². The highest BCUT2D eigenvalue weighted by molar-refractivity contribution is 7.93. The lowest BCUT2D eigenvalue weighted by Gasteiger charge is -2.49. The van der Waals surface area contributed by atoms with Gasteiger partial charge < -0.3 is 25.5 Å². The van der Waals surface area contributed by atoms with Crippen LogP contribution in [0.15, 0.2) is 11.5 Å². The summed E-state index contributed by atoms with van der Waals surface area (Å²) in [5.74, 6) is -3.47. The number of nitrogens with zero attached hydrogens (tertiary/aromatic N) is 2. The standard InChI is InChI=1S/C26H41NO7S.C24H43NO4S/c1-15-19(23(29)30)10-11-20(22(15)24(31)32)27(18-8-6-5-7-9-18)35(33,34)16(2)26-13-12-17(14-21(26)28)25(26,3)4;1-16-10-11-19(14-17(16)2)25(18-8-6-5-7-9-18)30(28,29)15-24-13-12-20(23(24,3)4)21(26)22(24)27/h15,17-22,28H,2,5-14H2,1,3-4H3,(H,29,30)(H,31,32);16-22,26-27H,5-15H2,1-4H3. The summed E-state index contributed by atoms with van der Waals surface area (Å²) in [6, 6.07) is -0.988. The first kappa shape index (κ1) is 51.2. The fraction of sp³-hybridized carbons (Fsp3) is 0.920. The van der Waals surface area contributed by atoms with E-state index in [0.717, 1.165) is 77.0 Å². The molecule has 14 unspecified atom stereocenters. The molecular formula is C50H84N2O11S2. The number of fused-ring (bicyclic) bond motifs is 4. The molecule has 0 aromatic heterocycles. The molecular weight excluding hydrogens is 869 g/mol. The Morgan fingerprint density at radius 1 is 0.646 bits per heavy atom. The summed E-state index contributed by atoms with van der Waals surface area (Å²) in [6.07, 6.45) is 13.6. The van der Waals surface area contributed by atoms with Gasteiger partial charge >= 0.3 is 11.9 Å². The maximum absolute atomic E-state index is 14.5. The van der Waals surface area contributed by atoms with Crippen molar-refractivity contribution in [2.75, 3.05) is 5.75 Å². The van der Waals surface area contributed by atoms with E-state index in [1.165, 1.54) is 10.7 Å². The van der Waals surface area contributed by atoms with Gasteiger partial charge in [-0.15, -0.1) is 0 Å². The SMILES string of the molecule is C=C(C12CCC(CC1O)C2(C)C)S(=O)(=O)N(C1CCCCC1)C1CCC(C(=O)O)C(C)C1C(=O)O.CC1CCC(N(C2CCCCC2)S(=O)(=O)CC23CCC(C(O)C2O)C3(C)C)CC1C. The van der Waals surface area contributed by atoms with Crippen LogP contribution in [0.1, 0.15) is 177 Å². The maximum atomic E-state index is 14.5. The highest BCUT2D eigenvalue weighted by atomic mass is 32.2. The molecule has 4 bridgehead atoms. The molecule has 14 atom stereocenters. The van der Waals surface area contributed by atoms with Crippen molar-refractivity contribution in [2.45, 2.75) is 219 Å². The average Bonchev–Trinajstić information content (AvgIpc) is 3.77. The molecule has 15 heteroatoms. The van der Waals surface area contributed by atoms with Crippen LogP contribution in [0.2, 0.25) is 0 Å². The van der Waals surface area contributed by atoms with Crippen molar-refractivity contribution in [1.29, 1.82) is 0 Å². The van der Waals surface area contributed by atoms with Gasteiger partial charge in [0.15, 0.2) is 0 Å². The van der Waals surface area contributed by atoms with Gasteiger partial charge in [0.25, 0.3) is 0 Å². The van der Waals surface area contributed by atoms with Crippen molar-refractivity contribution in [2.24, 2.45) is 63.1 Å². The Morgan fingerprint density at radius 3 is 1.71 bits per heavy atom. The van der Waals surface area contributed by atoms with Gasteiger partial charge in [0.2, 0.25) is 20.0 Å². The van der Waals surface area contributed by atoms with E-state index in [9.17, 15) is 52.0 Å². The summed E-state index contributed by atoms with van der Waals surface area (Å²) in [4.78, 5) is 24.3. The lowest BCUT2D eigenvalue weighted by atomic mass is 9.68. The van der Waals surface area contributed by atoms with Gasteiger partial charge in [0.1, 0.15) is 0 Å². The number of carboxylic acid groups (broad SMARTS) is 2. The second-order valence-corrected chi connectivity index (χ2v) is 27.5. The lowest BCUT2D eigenvalue weighted by Crippen LogP contribution is -2.58. The van der Waals surface area contributed by atoms with E-state index in [-0.39, 0.29) is 58.9 Å². The minimum absolute atomic E-state index is 0.0126. The average molecular weight is 953 g/mol. The molecule has 8 aliphatic rings. The first-order valence-corrected chi connectivity index (χ1v) is 28.6. The van der Waals surface area contributed by atoms with Crippen LogP contribution in [0.3, 0.4) is 0 Å². The zero-order chi connectivity index (χ0) is 47.8. The third kappa shape index (κ3) is 8.42. The van der Waals surface area contributed by atoms with Crippen LogP contribution in [0, 0.1) is 63.1 Å². The topological polar surface area (TPSA) is 210 Å². The Hall–Kier alpha value is -1.62. The normalized spacial score (nSPS) is 41.9. The second-order valence-electron chi connectivity index (χ2n) is 23.8. The molecule has 0 saturated heterocycles. The van der Waals surface area contributed by atoms with E-state index in [0.29, 0.717) is 43.9 Å². The smallest absolute Gasteiger partial charge is 0.308 e. The molecule has 13 nitrogen and oxygen atoms in total. The third-order valence-corrected chi connectivity index (χ3v) is 24.7. The van der Waals surface area contributed by atoms with E-state index < -0.39 is 90.3 Å². The van der Waals surface area contributed by atoms with Crippen LogP contribution in [0.4, 0.5) is 0 Å². The van der Waals surface area contributed by atoms with Crippen molar-refractivity contribution in [3.63, 3.8) is 0 Å². The highest BCUT2D eigenvalue weighted by Crippen LogP contribution is 2.70. The van der Waals surface area contributed by atoms with E-state index in [4.69, 9.17) is 0 Å². The molecule has 65 heavy (non-hydrogen) atoms. The molecule has 5 N–H and O–H groups in total. The van der Waals surface area contributed by atoms with Gasteiger partial charge in [0, 0.05) is 35.0 Å². The number of hydrogen-bond donors (Lipinski definition) is 5. The predicted octanol–water partition coefficient (Wildman–Crippen LogP) is 7.79. The Bertz CT molecular complexity index is 2000. The van der Waals surface area contributed by atoms with Crippen molar-refractivity contribution >= 4 is 32.0 Å². The molecule has 8 fully saturated rings. The number of hydrogen-bond acceptors (Lipinski definition) is 9. The fourth-order valence-electron chi connectivity index (χ4n) is 16.1. The first-order chi connectivity index (χ1) is 30.3. The summed E-state index contributed by atoms with van der Waals surface area (Å²) in [5, 5.41) is 52.6. The fourth-order valence-corrected chi connectivity index (χ4v) is 21.3. The lowest BCUT2D eigenvalue weighted by molar-refractivity contribution is -0.154. The molecule has 8 aliphatic carbocycles. The Morgan fingerprint density at radius 2 is 1.23 bits per heavy atom. The van der Waals surface area contributed by atoms with Gasteiger partial charge in [-0.2, -0.15) is 8.61 Å². The number of carboxylic acids is 2. The predicted molar refractivity (Wildman–Crippen MR) is 250 cm³/mol. The van der Waals surface area contributed by atoms with Gasteiger partial charge in [0.05, 0.1) is 40.8 Å². The summed E-state index contributed by atoms with van der Waals surface area (Å²) in [6.45, 7) is 18.5. The summed E-state index contributed by atoms with van der Waals surface area (Å²) in [7, 11) is -7.75. The summed E-state index contributed by atoms with van der Waals surface area (Å²) >= 11 is 0. The first-order valence-electron chi connectivity index (χ1n) is 25.5. The van der Waals surface area contributed by atoms with E-state index in [2.05, 4.69) is 34.3 Å². The summed E-state index contributed by atoms with van der Waals surface area (Å²) in [5.41, 5.74) is -2.51. The number of aliphatic hydroxyl groups excluding tert-OH is 3. The van der Waals surface area contributed by atoms with Gasteiger partial charge in [-0.3, -0.25) is 9.59 Å². The largest absolute Gasteiger partial charge is 0.481 e. The monoisotopic (exact) mass is 953 g/mol. The van der Waals surface area contributed by atoms with Gasteiger partial charge in [-0.25, -0.2) is 16.8 Å².